The largest absolute Gasteiger partial charge is 0.508 e. The van der Waals surface area contributed by atoms with Gasteiger partial charge >= 0.3 is 0 Å². The molecular formula is C27H33NO3. The molecule has 4 heteroatoms. The number of aromatic nitrogens is 1. The van der Waals surface area contributed by atoms with Crippen molar-refractivity contribution in [2.24, 2.45) is 17.8 Å². The van der Waals surface area contributed by atoms with Crippen LogP contribution in [0.4, 0.5) is 0 Å². The highest BCUT2D eigenvalue weighted by atomic mass is 16.5. The second-order valence-corrected chi connectivity index (χ2v) is 9.08. The van der Waals surface area contributed by atoms with Gasteiger partial charge in [0, 0.05) is 17.9 Å². The van der Waals surface area contributed by atoms with Crippen molar-refractivity contribution >= 4 is 0 Å². The van der Waals surface area contributed by atoms with E-state index in [1.54, 1.807) is 6.07 Å². The minimum atomic E-state index is 0.00974. The van der Waals surface area contributed by atoms with E-state index >= 15 is 0 Å². The topological polar surface area (TPSA) is 55.5 Å². The molecular weight excluding hydrogens is 386 g/mol. The molecule has 31 heavy (non-hydrogen) atoms. The third-order valence-corrected chi connectivity index (χ3v) is 6.59. The lowest BCUT2D eigenvalue weighted by molar-refractivity contribution is 0.200. The van der Waals surface area contributed by atoms with Gasteiger partial charge in [-0.2, -0.15) is 0 Å². The van der Waals surface area contributed by atoms with Gasteiger partial charge in [0.15, 0.2) is 0 Å². The number of rotatable bonds is 9. The second kappa shape index (κ2) is 10.0. The first kappa shape index (κ1) is 21.5. The van der Waals surface area contributed by atoms with E-state index in [1.807, 2.05) is 54.7 Å². The van der Waals surface area contributed by atoms with Crippen molar-refractivity contribution in [1.29, 1.82) is 0 Å². The van der Waals surface area contributed by atoms with Crippen LogP contribution in [0.15, 0.2) is 65.2 Å². The molecule has 1 aliphatic rings. The molecule has 1 fully saturated rings. The van der Waals surface area contributed by atoms with E-state index in [0.717, 1.165) is 42.2 Å². The molecule has 4 nitrogen and oxygen atoms in total. The Bertz CT molecular complexity index is 944. The number of phenols is 1. The molecule has 2 aromatic carbocycles. The van der Waals surface area contributed by atoms with E-state index in [-0.39, 0.29) is 5.92 Å². The van der Waals surface area contributed by atoms with Crippen LogP contribution in [0.5, 0.6) is 11.5 Å². The summed E-state index contributed by atoms with van der Waals surface area (Å²) in [6.45, 7) is 5.09. The summed E-state index contributed by atoms with van der Waals surface area (Å²) >= 11 is 0. The van der Waals surface area contributed by atoms with Crippen LogP contribution >= 0.6 is 0 Å². The maximum absolute atomic E-state index is 10.5. The molecule has 1 aliphatic carbocycles. The number of oxazole rings is 1. The van der Waals surface area contributed by atoms with Crippen molar-refractivity contribution in [3.05, 3.63) is 78.0 Å². The van der Waals surface area contributed by atoms with Crippen LogP contribution in [-0.2, 0) is 6.42 Å². The number of hydrogen-bond acceptors (Lipinski definition) is 4. The zero-order chi connectivity index (χ0) is 21.6. The molecule has 0 aliphatic heterocycles. The Morgan fingerprint density at radius 3 is 2.45 bits per heavy atom. The Kier molecular flexibility index (Phi) is 6.96. The van der Waals surface area contributed by atoms with Crippen molar-refractivity contribution in [1.82, 2.24) is 4.98 Å². The van der Waals surface area contributed by atoms with E-state index < -0.39 is 0 Å². The summed E-state index contributed by atoms with van der Waals surface area (Å²) in [6.07, 6.45) is 7.42. The minimum absolute atomic E-state index is 0.00974. The monoisotopic (exact) mass is 419 g/mol. The number of ether oxygens (including phenoxy) is 1. The predicted octanol–water partition coefficient (Wildman–Crippen LogP) is 6.60. The molecule has 3 aromatic rings. The highest BCUT2D eigenvalue weighted by Crippen LogP contribution is 2.44. The molecule has 1 saturated carbocycles. The number of benzene rings is 2. The molecule has 1 aromatic heterocycles. The molecule has 2 atom stereocenters. The third kappa shape index (κ3) is 5.30. The van der Waals surface area contributed by atoms with E-state index in [2.05, 4.69) is 13.8 Å². The Morgan fingerprint density at radius 1 is 1.03 bits per heavy atom. The lowest BCUT2D eigenvalue weighted by Gasteiger charge is -2.22. The summed E-state index contributed by atoms with van der Waals surface area (Å²) < 4.78 is 12.3. The second-order valence-electron chi connectivity index (χ2n) is 9.08. The molecule has 1 heterocycles. The number of nitrogens with zero attached hydrogens (tertiary/aromatic N) is 1. The maximum Gasteiger partial charge on any atom is 0.202 e. The van der Waals surface area contributed by atoms with E-state index in [1.165, 1.54) is 12.8 Å². The lowest BCUT2D eigenvalue weighted by Crippen LogP contribution is -2.20. The Balaban J connectivity index is 1.51. The first-order chi connectivity index (χ1) is 15.1. The molecule has 1 N–H and O–H groups in total. The van der Waals surface area contributed by atoms with Crippen LogP contribution in [0, 0.1) is 17.8 Å². The Labute approximate surface area is 185 Å². The number of phenolic OH excluding ortho intramolecular Hbond substituents is 1. The third-order valence-electron chi connectivity index (χ3n) is 6.59. The quantitative estimate of drug-likeness (QED) is 0.425. The van der Waals surface area contributed by atoms with E-state index in [9.17, 15) is 5.11 Å². The molecule has 0 amide bonds. The normalized spacial score (nSPS) is 16.5. The van der Waals surface area contributed by atoms with Gasteiger partial charge in [0.1, 0.15) is 17.3 Å². The van der Waals surface area contributed by atoms with Crippen molar-refractivity contribution in [2.45, 2.75) is 51.9 Å². The van der Waals surface area contributed by atoms with Gasteiger partial charge in [-0.3, -0.25) is 0 Å². The average Bonchev–Trinajstić information content (AvgIpc) is 3.46. The smallest absolute Gasteiger partial charge is 0.202 e. The van der Waals surface area contributed by atoms with Crippen molar-refractivity contribution in [2.75, 3.05) is 6.61 Å². The molecule has 2 unspecified atom stereocenters. The van der Waals surface area contributed by atoms with Gasteiger partial charge in [0.25, 0.3) is 0 Å². The average molecular weight is 420 g/mol. The summed E-state index contributed by atoms with van der Waals surface area (Å²) in [7, 11) is 0. The summed E-state index contributed by atoms with van der Waals surface area (Å²) in [5, 5.41) is 10.5. The minimum Gasteiger partial charge on any atom is -0.508 e. The van der Waals surface area contributed by atoms with Crippen LogP contribution in [0.3, 0.4) is 0 Å². The van der Waals surface area contributed by atoms with Crippen LogP contribution < -0.4 is 4.74 Å². The maximum atomic E-state index is 10.5. The molecule has 0 spiro atoms. The fourth-order valence-electron chi connectivity index (χ4n) is 4.66. The molecule has 4 rings (SSSR count). The van der Waals surface area contributed by atoms with E-state index in [4.69, 9.17) is 14.1 Å². The van der Waals surface area contributed by atoms with Crippen molar-refractivity contribution < 1.29 is 14.3 Å². The lowest BCUT2D eigenvalue weighted by atomic mass is 9.84. The van der Waals surface area contributed by atoms with Gasteiger partial charge in [-0.25, -0.2) is 4.98 Å². The van der Waals surface area contributed by atoms with Crippen LogP contribution in [0.1, 0.15) is 62.7 Å². The predicted molar refractivity (Wildman–Crippen MR) is 122 cm³/mol. The van der Waals surface area contributed by atoms with Gasteiger partial charge < -0.3 is 14.3 Å². The zero-order valence-corrected chi connectivity index (χ0v) is 18.5. The zero-order valence-electron chi connectivity index (χ0n) is 18.5. The Morgan fingerprint density at radius 2 is 1.74 bits per heavy atom. The van der Waals surface area contributed by atoms with Gasteiger partial charge in [0.05, 0.1) is 18.7 Å². The van der Waals surface area contributed by atoms with E-state index in [0.29, 0.717) is 30.1 Å². The highest BCUT2D eigenvalue weighted by Gasteiger charge is 2.33. The van der Waals surface area contributed by atoms with Gasteiger partial charge in [0.2, 0.25) is 5.89 Å². The standard InChI is InChI=1S/C27H33NO3/c1-19(2)21(18-30-22-12-4-3-5-13-22)16-23-17-28-27(31-23)26(20-10-6-7-11-20)24-14-8-9-15-25(24)29/h3-5,8-9,12-15,17,19-21,26,29H,6-7,10-11,16,18H2,1-2H3. The summed E-state index contributed by atoms with van der Waals surface area (Å²) in [5.74, 6) is 4.11. The fourth-order valence-corrected chi connectivity index (χ4v) is 4.66. The van der Waals surface area contributed by atoms with Crippen LogP contribution in [0.25, 0.3) is 0 Å². The molecule has 0 radical (unpaired) electrons. The summed E-state index contributed by atoms with van der Waals surface area (Å²) in [5.41, 5.74) is 0.927. The molecule has 0 saturated heterocycles. The first-order valence-electron chi connectivity index (χ1n) is 11.5. The van der Waals surface area contributed by atoms with Crippen LogP contribution in [-0.4, -0.2) is 16.7 Å². The molecule has 164 valence electrons. The van der Waals surface area contributed by atoms with Gasteiger partial charge in [-0.05, 0) is 42.9 Å². The summed E-state index contributed by atoms with van der Waals surface area (Å²) in [6, 6.07) is 17.6. The van der Waals surface area contributed by atoms with Gasteiger partial charge in [-0.15, -0.1) is 0 Å². The number of hydrogen-bond donors (Lipinski definition) is 1. The fraction of sp³-hybridized carbons (Fsp3) is 0.444. The Hall–Kier alpha value is -2.75. The number of aromatic hydroxyl groups is 1. The SMILES string of the molecule is CC(C)C(COc1ccccc1)Cc1cnc(C(c2ccccc2O)C2CCCC2)o1. The van der Waals surface area contributed by atoms with Crippen molar-refractivity contribution in [3.63, 3.8) is 0 Å². The first-order valence-corrected chi connectivity index (χ1v) is 11.5. The molecule has 0 bridgehead atoms. The van der Waals surface area contributed by atoms with Crippen LogP contribution in [0.2, 0.25) is 0 Å². The van der Waals surface area contributed by atoms with Crippen molar-refractivity contribution in [3.8, 4) is 11.5 Å². The highest BCUT2D eigenvalue weighted by molar-refractivity contribution is 5.38. The summed E-state index contributed by atoms with van der Waals surface area (Å²) in [4.78, 5) is 4.69. The number of para-hydroxylation sites is 2. The van der Waals surface area contributed by atoms with Gasteiger partial charge in [-0.1, -0.05) is 63.1 Å².